The quantitative estimate of drug-likeness (QED) is 0.524. The monoisotopic (exact) mass is 364 g/mol. The summed E-state index contributed by atoms with van der Waals surface area (Å²) in [6, 6.07) is 11.6. The molecule has 8 nitrogen and oxygen atoms in total. The van der Waals surface area contributed by atoms with Crippen molar-refractivity contribution in [2.45, 2.75) is 12.8 Å². The van der Waals surface area contributed by atoms with Gasteiger partial charge in [-0.25, -0.2) is 8.42 Å². The molecule has 0 radical (unpaired) electrons. The molecule has 25 heavy (non-hydrogen) atoms. The minimum atomic E-state index is -3.30. The maximum atomic E-state index is 12.1. The molecule has 0 unspecified atom stereocenters. The fraction of sp³-hybridized carbons (Fsp3) is 0.250. The molecule has 0 aliphatic heterocycles. The van der Waals surface area contributed by atoms with E-state index < -0.39 is 19.7 Å². The van der Waals surface area contributed by atoms with Gasteiger partial charge in [0.1, 0.15) is 0 Å². The molecular weight excluding hydrogens is 348 g/mol. The predicted molar refractivity (Wildman–Crippen MR) is 92.3 cm³/mol. The SMILES string of the molecule is O=[N+]([O-])c1ccc(CCS(=O)(=O)CCc2ccc([N+](=O)[O-])cc2)cc1. The lowest BCUT2D eigenvalue weighted by molar-refractivity contribution is -0.385. The van der Waals surface area contributed by atoms with Crippen molar-refractivity contribution in [1.82, 2.24) is 0 Å². The van der Waals surface area contributed by atoms with Crippen LogP contribution in [0.1, 0.15) is 11.1 Å². The first-order valence-electron chi connectivity index (χ1n) is 7.44. The maximum absolute atomic E-state index is 12.1. The minimum Gasteiger partial charge on any atom is -0.258 e. The van der Waals surface area contributed by atoms with Crippen LogP contribution in [0.15, 0.2) is 48.5 Å². The number of hydrogen-bond acceptors (Lipinski definition) is 6. The Bertz CT molecular complexity index is 793. The molecule has 0 atom stereocenters. The second-order valence-corrected chi connectivity index (χ2v) is 7.80. The molecule has 2 aromatic rings. The summed E-state index contributed by atoms with van der Waals surface area (Å²) in [6.07, 6.45) is 0.557. The van der Waals surface area contributed by atoms with E-state index in [9.17, 15) is 28.6 Å². The van der Waals surface area contributed by atoms with Gasteiger partial charge in [-0.15, -0.1) is 0 Å². The van der Waals surface area contributed by atoms with E-state index in [4.69, 9.17) is 0 Å². The highest BCUT2D eigenvalue weighted by Crippen LogP contribution is 2.15. The molecule has 132 valence electrons. The van der Waals surface area contributed by atoms with Crippen LogP contribution in [0.5, 0.6) is 0 Å². The van der Waals surface area contributed by atoms with E-state index in [1.54, 1.807) is 24.3 Å². The number of nitro benzene ring substituents is 2. The van der Waals surface area contributed by atoms with Crippen LogP contribution in [0.2, 0.25) is 0 Å². The van der Waals surface area contributed by atoms with Crippen molar-refractivity contribution in [3.8, 4) is 0 Å². The number of hydrogen-bond donors (Lipinski definition) is 0. The Hall–Kier alpha value is -2.81. The molecule has 0 aliphatic carbocycles. The smallest absolute Gasteiger partial charge is 0.258 e. The van der Waals surface area contributed by atoms with Gasteiger partial charge in [-0.1, -0.05) is 24.3 Å². The summed E-state index contributed by atoms with van der Waals surface area (Å²) in [5.41, 5.74) is 1.35. The lowest BCUT2D eigenvalue weighted by Crippen LogP contribution is -2.14. The summed E-state index contributed by atoms with van der Waals surface area (Å²) >= 11 is 0. The molecule has 0 amide bonds. The van der Waals surface area contributed by atoms with Crippen LogP contribution < -0.4 is 0 Å². The van der Waals surface area contributed by atoms with Gasteiger partial charge in [0.05, 0.1) is 21.4 Å². The lowest BCUT2D eigenvalue weighted by atomic mass is 10.1. The first kappa shape index (κ1) is 18.5. The van der Waals surface area contributed by atoms with Crippen LogP contribution in [-0.4, -0.2) is 29.8 Å². The average molecular weight is 364 g/mol. The summed E-state index contributed by atoms with van der Waals surface area (Å²) in [4.78, 5) is 20.1. The van der Waals surface area contributed by atoms with Crippen LogP contribution in [-0.2, 0) is 22.7 Å². The molecule has 0 N–H and O–H groups in total. The molecule has 0 bridgehead atoms. The molecule has 9 heteroatoms. The summed E-state index contributed by atoms with van der Waals surface area (Å²) in [6.45, 7) is 0. The zero-order chi connectivity index (χ0) is 18.4. The van der Waals surface area contributed by atoms with Gasteiger partial charge in [0.2, 0.25) is 0 Å². The second kappa shape index (κ2) is 7.84. The van der Waals surface area contributed by atoms with Gasteiger partial charge in [0.15, 0.2) is 9.84 Å². The van der Waals surface area contributed by atoms with Gasteiger partial charge < -0.3 is 0 Å². The highest BCUT2D eigenvalue weighted by molar-refractivity contribution is 7.91. The fourth-order valence-electron chi connectivity index (χ4n) is 2.22. The van der Waals surface area contributed by atoms with Gasteiger partial charge in [0.25, 0.3) is 11.4 Å². The Kier molecular flexibility index (Phi) is 5.81. The van der Waals surface area contributed by atoms with Gasteiger partial charge in [-0.05, 0) is 24.0 Å². The first-order chi connectivity index (χ1) is 11.8. The molecule has 0 fully saturated rings. The summed E-state index contributed by atoms with van der Waals surface area (Å²) in [5.74, 6) is -0.115. The van der Waals surface area contributed by atoms with Crippen molar-refractivity contribution in [3.05, 3.63) is 79.9 Å². The highest BCUT2D eigenvalue weighted by Gasteiger charge is 2.13. The van der Waals surface area contributed by atoms with Crippen LogP contribution in [0.3, 0.4) is 0 Å². The molecular formula is C16H16N2O6S. The third kappa shape index (κ3) is 5.64. The zero-order valence-corrected chi connectivity index (χ0v) is 14.0. The Morgan fingerprint density at radius 1 is 0.680 bits per heavy atom. The average Bonchev–Trinajstić information content (AvgIpc) is 2.59. The van der Waals surface area contributed by atoms with Crippen molar-refractivity contribution >= 4 is 21.2 Å². The van der Waals surface area contributed by atoms with E-state index >= 15 is 0 Å². The number of sulfone groups is 1. The van der Waals surface area contributed by atoms with E-state index in [1.807, 2.05) is 0 Å². The van der Waals surface area contributed by atoms with Crippen LogP contribution in [0, 0.1) is 20.2 Å². The van der Waals surface area contributed by atoms with E-state index in [2.05, 4.69) is 0 Å². The van der Waals surface area contributed by atoms with Crippen molar-refractivity contribution < 1.29 is 18.3 Å². The Balaban J connectivity index is 1.88. The highest BCUT2D eigenvalue weighted by atomic mass is 32.2. The second-order valence-electron chi connectivity index (χ2n) is 5.50. The molecule has 0 aliphatic rings. The summed E-state index contributed by atoms with van der Waals surface area (Å²) in [7, 11) is -3.30. The maximum Gasteiger partial charge on any atom is 0.269 e. The fourth-order valence-corrected chi connectivity index (χ4v) is 3.51. The lowest BCUT2D eigenvalue weighted by Gasteiger charge is -2.05. The largest absolute Gasteiger partial charge is 0.269 e. The number of rotatable bonds is 8. The Morgan fingerprint density at radius 3 is 1.28 bits per heavy atom. The van der Waals surface area contributed by atoms with Gasteiger partial charge >= 0.3 is 0 Å². The van der Waals surface area contributed by atoms with Gasteiger partial charge in [-0.2, -0.15) is 0 Å². The topological polar surface area (TPSA) is 120 Å². The third-order valence-electron chi connectivity index (χ3n) is 3.70. The third-order valence-corrected chi connectivity index (χ3v) is 5.35. The molecule has 0 saturated carbocycles. The van der Waals surface area contributed by atoms with E-state index in [0.717, 1.165) is 0 Å². The van der Waals surface area contributed by atoms with Gasteiger partial charge in [0, 0.05) is 24.3 Å². The van der Waals surface area contributed by atoms with Crippen molar-refractivity contribution in [2.75, 3.05) is 11.5 Å². The van der Waals surface area contributed by atoms with E-state index in [1.165, 1.54) is 24.3 Å². The molecule has 0 heterocycles. The number of aryl methyl sites for hydroxylation is 2. The Labute approximate surface area is 144 Å². The summed E-state index contributed by atoms with van der Waals surface area (Å²) < 4.78 is 24.2. The number of benzene rings is 2. The Morgan fingerprint density at radius 2 is 1.00 bits per heavy atom. The van der Waals surface area contributed by atoms with Crippen molar-refractivity contribution in [3.63, 3.8) is 0 Å². The normalized spacial score (nSPS) is 11.2. The van der Waals surface area contributed by atoms with Crippen molar-refractivity contribution in [1.29, 1.82) is 0 Å². The van der Waals surface area contributed by atoms with Crippen LogP contribution in [0.4, 0.5) is 11.4 Å². The standard InChI is InChI=1S/C16H16N2O6S/c19-17(20)15-5-1-13(2-6-15)9-11-25(23,24)12-10-14-3-7-16(8-4-14)18(21)22/h1-8H,9-12H2. The van der Waals surface area contributed by atoms with Crippen molar-refractivity contribution in [2.24, 2.45) is 0 Å². The van der Waals surface area contributed by atoms with Crippen LogP contribution in [0.25, 0.3) is 0 Å². The summed E-state index contributed by atoms with van der Waals surface area (Å²) in [5, 5.41) is 21.2. The molecule has 0 aromatic heterocycles. The van der Waals surface area contributed by atoms with E-state index in [0.29, 0.717) is 11.1 Å². The number of non-ortho nitro benzene ring substituents is 2. The number of nitrogens with zero attached hydrogens (tertiary/aromatic N) is 2. The predicted octanol–water partition coefficient (Wildman–Crippen LogP) is 2.70. The molecule has 0 saturated heterocycles. The van der Waals surface area contributed by atoms with Gasteiger partial charge in [-0.3, -0.25) is 20.2 Å². The molecule has 2 aromatic carbocycles. The minimum absolute atomic E-state index is 0.0372. The molecule has 2 rings (SSSR count). The zero-order valence-electron chi connectivity index (χ0n) is 13.2. The molecule has 0 spiro atoms. The number of nitro groups is 2. The first-order valence-corrected chi connectivity index (χ1v) is 9.26. The van der Waals surface area contributed by atoms with E-state index in [-0.39, 0.29) is 35.7 Å². The van der Waals surface area contributed by atoms with Crippen LogP contribution >= 0.6 is 0 Å².